The second-order valence-corrected chi connectivity index (χ2v) is 9.43. The molecular formula is C25H28N2O5. The first-order valence-electron chi connectivity index (χ1n) is 11.6. The van der Waals surface area contributed by atoms with E-state index < -0.39 is 17.9 Å². The number of nitrogens with one attached hydrogen (secondary N) is 1. The fourth-order valence-electron chi connectivity index (χ4n) is 5.81. The number of hydrogen-bond donors (Lipinski definition) is 1. The van der Waals surface area contributed by atoms with Crippen LogP contribution >= 0.6 is 0 Å². The van der Waals surface area contributed by atoms with E-state index in [4.69, 9.17) is 4.74 Å². The molecule has 1 aromatic carbocycles. The number of unbranched alkanes of at least 4 members (excludes halogenated alkanes) is 1. The van der Waals surface area contributed by atoms with Crippen LogP contribution < -0.4 is 5.32 Å². The van der Waals surface area contributed by atoms with Gasteiger partial charge >= 0.3 is 5.97 Å². The van der Waals surface area contributed by atoms with E-state index in [1.165, 1.54) is 4.90 Å². The highest BCUT2D eigenvalue weighted by Crippen LogP contribution is 2.65. The van der Waals surface area contributed by atoms with Crippen molar-refractivity contribution in [2.45, 2.75) is 39.2 Å². The van der Waals surface area contributed by atoms with Crippen LogP contribution in [0.5, 0.6) is 0 Å². The maximum Gasteiger partial charge on any atom is 0.338 e. The van der Waals surface area contributed by atoms with Gasteiger partial charge in [0.25, 0.3) is 0 Å². The van der Waals surface area contributed by atoms with Crippen molar-refractivity contribution in [3.8, 4) is 0 Å². The summed E-state index contributed by atoms with van der Waals surface area (Å²) in [6.07, 6.45) is 7.10. The maximum atomic E-state index is 13.2. The number of ether oxygens (including phenoxy) is 1. The van der Waals surface area contributed by atoms with Crippen molar-refractivity contribution in [1.29, 1.82) is 0 Å². The average Bonchev–Trinajstić information content (AvgIpc) is 3.57. The van der Waals surface area contributed by atoms with Crippen molar-refractivity contribution >= 4 is 29.4 Å². The zero-order valence-electron chi connectivity index (χ0n) is 18.3. The van der Waals surface area contributed by atoms with E-state index in [9.17, 15) is 19.2 Å². The minimum atomic E-state index is -0.894. The van der Waals surface area contributed by atoms with Crippen molar-refractivity contribution in [3.05, 3.63) is 42.0 Å². The summed E-state index contributed by atoms with van der Waals surface area (Å²) in [6, 6.07) is 5.52. The number of rotatable bonds is 7. The van der Waals surface area contributed by atoms with Gasteiger partial charge in [-0.25, -0.2) is 4.79 Å². The fourth-order valence-corrected chi connectivity index (χ4v) is 5.81. The predicted octanol–water partition coefficient (Wildman–Crippen LogP) is 3.02. The number of carbonyl (C=O) groups excluding carboxylic acids is 4. The first-order chi connectivity index (χ1) is 15.4. The highest BCUT2D eigenvalue weighted by Gasteiger charge is 2.67. The van der Waals surface area contributed by atoms with Crippen molar-refractivity contribution in [2.75, 3.05) is 11.9 Å². The van der Waals surface area contributed by atoms with E-state index in [1.807, 2.05) is 6.92 Å². The van der Waals surface area contributed by atoms with Gasteiger partial charge in [0.1, 0.15) is 6.04 Å². The van der Waals surface area contributed by atoms with Gasteiger partial charge in [-0.1, -0.05) is 25.5 Å². The second kappa shape index (κ2) is 7.87. The molecule has 32 heavy (non-hydrogen) atoms. The number of hydrogen-bond acceptors (Lipinski definition) is 5. The number of nitrogens with zero attached hydrogens (tertiary/aromatic N) is 1. The zero-order chi connectivity index (χ0) is 22.6. The Morgan fingerprint density at radius 2 is 1.66 bits per heavy atom. The molecule has 7 atom stereocenters. The Kier molecular flexibility index (Phi) is 5.14. The third kappa shape index (κ3) is 3.26. The van der Waals surface area contributed by atoms with Crippen LogP contribution in [-0.4, -0.2) is 41.2 Å². The lowest BCUT2D eigenvalue weighted by Gasteiger charge is -2.37. The molecule has 0 unspecified atom stereocenters. The Morgan fingerprint density at radius 3 is 2.22 bits per heavy atom. The summed E-state index contributed by atoms with van der Waals surface area (Å²) in [6.45, 7) is 4.00. The van der Waals surface area contributed by atoms with E-state index in [0.717, 1.165) is 19.3 Å². The molecule has 3 fully saturated rings. The Bertz CT molecular complexity index is 964. The van der Waals surface area contributed by atoms with Gasteiger partial charge < -0.3 is 10.1 Å². The smallest absolute Gasteiger partial charge is 0.338 e. The number of carbonyl (C=O) groups is 4. The molecule has 1 N–H and O–H groups in total. The number of allylic oxidation sites excluding steroid dienone is 2. The van der Waals surface area contributed by atoms with Crippen LogP contribution in [0.25, 0.3) is 0 Å². The molecule has 0 aromatic heterocycles. The van der Waals surface area contributed by atoms with Gasteiger partial charge in [-0.05, 0) is 67.7 Å². The molecule has 168 valence electrons. The third-order valence-electron chi connectivity index (χ3n) is 7.58. The van der Waals surface area contributed by atoms with Crippen LogP contribution in [0.3, 0.4) is 0 Å². The average molecular weight is 437 g/mol. The number of amides is 3. The number of anilines is 1. The lowest BCUT2D eigenvalue weighted by atomic mass is 9.63. The lowest BCUT2D eigenvalue weighted by Crippen LogP contribution is -2.46. The molecule has 5 aliphatic rings. The molecule has 7 nitrogen and oxygen atoms in total. The van der Waals surface area contributed by atoms with Crippen molar-refractivity contribution in [1.82, 2.24) is 4.90 Å². The first kappa shape index (κ1) is 20.9. The Labute approximate surface area is 187 Å². The maximum absolute atomic E-state index is 13.2. The monoisotopic (exact) mass is 436 g/mol. The molecule has 2 saturated carbocycles. The highest BCUT2D eigenvalue weighted by molar-refractivity contribution is 6.10. The summed E-state index contributed by atoms with van der Waals surface area (Å²) < 4.78 is 5.19. The normalized spacial score (nSPS) is 32.4. The summed E-state index contributed by atoms with van der Waals surface area (Å²) >= 11 is 0. The summed E-state index contributed by atoms with van der Waals surface area (Å²) in [5, 5.41) is 2.76. The number of esters is 1. The molecule has 1 aromatic rings. The van der Waals surface area contributed by atoms with Gasteiger partial charge in [-0.2, -0.15) is 0 Å². The fraction of sp³-hybridized carbons (Fsp3) is 0.520. The van der Waals surface area contributed by atoms with E-state index >= 15 is 0 Å². The Balaban J connectivity index is 1.23. The molecule has 0 spiro atoms. The van der Waals surface area contributed by atoms with Gasteiger partial charge in [-0.3, -0.25) is 19.3 Å². The van der Waals surface area contributed by atoms with Crippen molar-refractivity contribution in [3.63, 3.8) is 0 Å². The van der Waals surface area contributed by atoms with Crippen LogP contribution in [0.15, 0.2) is 36.4 Å². The summed E-state index contributed by atoms with van der Waals surface area (Å²) in [4.78, 5) is 52.4. The Hall–Kier alpha value is -2.96. The summed E-state index contributed by atoms with van der Waals surface area (Å²) in [7, 11) is 0. The second-order valence-electron chi connectivity index (χ2n) is 9.43. The van der Waals surface area contributed by atoms with Crippen molar-refractivity contribution in [2.24, 2.45) is 35.5 Å². The van der Waals surface area contributed by atoms with Crippen LogP contribution in [0, 0.1) is 35.5 Å². The van der Waals surface area contributed by atoms with E-state index in [-0.39, 0.29) is 35.5 Å². The first-order valence-corrected chi connectivity index (χ1v) is 11.6. The molecule has 3 amide bonds. The molecule has 4 aliphatic carbocycles. The molecule has 0 radical (unpaired) electrons. The van der Waals surface area contributed by atoms with Gasteiger partial charge in [0.15, 0.2) is 0 Å². The molecule has 1 aliphatic heterocycles. The molecule has 1 heterocycles. The third-order valence-corrected chi connectivity index (χ3v) is 7.58. The minimum absolute atomic E-state index is 0.135. The van der Waals surface area contributed by atoms with E-state index in [2.05, 4.69) is 17.5 Å². The van der Waals surface area contributed by atoms with Crippen LogP contribution in [0.2, 0.25) is 0 Å². The van der Waals surface area contributed by atoms with Crippen LogP contribution in [-0.2, 0) is 19.1 Å². The zero-order valence-corrected chi connectivity index (χ0v) is 18.3. The topological polar surface area (TPSA) is 92.8 Å². The lowest BCUT2D eigenvalue weighted by molar-refractivity contribution is -0.146. The minimum Gasteiger partial charge on any atom is -0.462 e. The molecular weight excluding hydrogens is 408 g/mol. The summed E-state index contributed by atoms with van der Waals surface area (Å²) in [5.74, 6) is -0.541. The number of imide groups is 1. The largest absolute Gasteiger partial charge is 0.462 e. The number of benzene rings is 1. The SMILES string of the molecule is CCCCOC(=O)c1ccc(NC(=O)[C@H](C)N2C(=O)[C@H]3[C@@H]4C=C[C@H]([C@H]5C[C@H]45)[C@@H]3C2=O)cc1. The van der Waals surface area contributed by atoms with Gasteiger partial charge in [0.2, 0.25) is 17.7 Å². The predicted molar refractivity (Wildman–Crippen MR) is 116 cm³/mol. The summed E-state index contributed by atoms with van der Waals surface area (Å²) in [5.41, 5.74) is 0.897. The standard InChI is InChI=1S/C25H28N2O5/c1-3-4-11-32-25(31)14-5-7-15(8-6-14)26-22(28)13(2)27-23(29)20-16-9-10-17(19-12-18(16)19)21(20)24(27)30/h5-10,13,16-21H,3-4,11-12H2,1-2H3,(H,26,28)/t13-,16+,17+,18+,19+,20-,21-/m0/s1. The molecule has 1 saturated heterocycles. The Morgan fingerprint density at radius 1 is 1.06 bits per heavy atom. The quantitative estimate of drug-likeness (QED) is 0.307. The van der Waals surface area contributed by atoms with Crippen molar-refractivity contribution < 1.29 is 23.9 Å². The van der Waals surface area contributed by atoms with Gasteiger partial charge in [0.05, 0.1) is 24.0 Å². The van der Waals surface area contributed by atoms with Crippen LogP contribution in [0.4, 0.5) is 5.69 Å². The van der Waals surface area contributed by atoms with Gasteiger partial charge in [0, 0.05) is 5.69 Å². The van der Waals surface area contributed by atoms with Gasteiger partial charge in [-0.15, -0.1) is 0 Å². The van der Waals surface area contributed by atoms with E-state index in [0.29, 0.717) is 29.7 Å². The van der Waals surface area contributed by atoms with Crippen LogP contribution in [0.1, 0.15) is 43.5 Å². The molecule has 2 bridgehead atoms. The molecule has 6 rings (SSSR count). The van der Waals surface area contributed by atoms with E-state index in [1.54, 1.807) is 31.2 Å². The highest BCUT2D eigenvalue weighted by atomic mass is 16.5. The molecule has 7 heteroatoms. The number of likely N-dealkylation sites (tertiary alicyclic amines) is 1.